The van der Waals surface area contributed by atoms with Crippen LogP contribution in [0.5, 0.6) is 0 Å². The molecule has 0 aromatic heterocycles. The lowest BCUT2D eigenvalue weighted by Gasteiger charge is -2.23. The maximum atomic E-state index is 14.0. The van der Waals surface area contributed by atoms with Crippen LogP contribution >= 0.6 is 11.6 Å². The monoisotopic (exact) mass is 289 g/mol. The second kappa shape index (κ2) is 7.81. The predicted octanol–water partition coefficient (Wildman–Crippen LogP) is 5.10. The van der Waals surface area contributed by atoms with E-state index in [0.29, 0.717) is 11.5 Å². The molecular weight excluding hydrogens is 268 g/mol. The third-order valence-corrected chi connectivity index (χ3v) is 3.68. The van der Waals surface area contributed by atoms with Crippen molar-refractivity contribution in [1.29, 1.82) is 0 Å². The second-order valence-corrected chi connectivity index (χ2v) is 5.45. The minimum Gasteiger partial charge on any atom is -0.310 e. The van der Waals surface area contributed by atoms with E-state index < -0.39 is 11.6 Å². The van der Waals surface area contributed by atoms with Crippen LogP contribution in [0.3, 0.4) is 0 Å². The van der Waals surface area contributed by atoms with Gasteiger partial charge in [-0.15, -0.1) is 0 Å². The van der Waals surface area contributed by atoms with E-state index in [1.165, 1.54) is 6.07 Å². The quantitative estimate of drug-likeness (QED) is 0.689. The van der Waals surface area contributed by atoms with Gasteiger partial charge in [-0.1, -0.05) is 38.8 Å². The zero-order valence-corrected chi connectivity index (χ0v) is 12.5. The van der Waals surface area contributed by atoms with Crippen molar-refractivity contribution in [2.45, 2.75) is 46.1 Å². The zero-order chi connectivity index (χ0) is 14.4. The Labute approximate surface area is 119 Å². The maximum Gasteiger partial charge on any atom is 0.142 e. The van der Waals surface area contributed by atoms with Gasteiger partial charge in [0.1, 0.15) is 11.6 Å². The van der Waals surface area contributed by atoms with Crippen molar-refractivity contribution in [3.05, 3.63) is 34.4 Å². The summed E-state index contributed by atoms with van der Waals surface area (Å²) in [5.41, 5.74) is 0.371. The standard InChI is InChI=1S/C15H22ClF2N/c1-4-6-19-15(7-10(3)5-2)11-8-14(18)12(16)9-13(11)17/h8-10,15,19H,4-7H2,1-3H3. The van der Waals surface area contributed by atoms with Gasteiger partial charge in [0.05, 0.1) is 5.02 Å². The highest BCUT2D eigenvalue weighted by Gasteiger charge is 2.19. The van der Waals surface area contributed by atoms with Gasteiger partial charge in [0.25, 0.3) is 0 Å². The molecule has 2 atom stereocenters. The summed E-state index contributed by atoms with van der Waals surface area (Å²) in [6, 6.07) is 2.11. The zero-order valence-electron chi connectivity index (χ0n) is 11.8. The summed E-state index contributed by atoms with van der Waals surface area (Å²) in [6.07, 6.45) is 2.76. The maximum absolute atomic E-state index is 14.0. The van der Waals surface area contributed by atoms with Crippen LogP contribution in [0.15, 0.2) is 12.1 Å². The van der Waals surface area contributed by atoms with E-state index in [2.05, 4.69) is 19.2 Å². The minimum atomic E-state index is -0.564. The normalized spacial score (nSPS) is 14.4. The molecule has 0 aliphatic rings. The van der Waals surface area contributed by atoms with Crippen molar-refractivity contribution in [2.75, 3.05) is 6.54 Å². The molecule has 0 saturated heterocycles. The molecule has 0 heterocycles. The Bertz CT molecular complexity index is 409. The Morgan fingerprint density at radius 3 is 2.47 bits per heavy atom. The smallest absolute Gasteiger partial charge is 0.142 e. The average Bonchev–Trinajstić information content (AvgIpc) is 2.38. The van der Waals surface area contributed by atoms with Crippen molar-refractivity contribution in [3.8, 4) is 0 Å². The van der Waals surface area contributed by atoms with Crippen LogP contribution in [0.4, 0.5) is 8.78 Å². The molecule has 1 rings (SSSR count). The van der Waals surface area contributed by atoms with Gasteiger partial charge in [-0.2, -0.15) is 0 Å². The molecule has 108 valence electrons. The highest BCUT2D eigenvalue weighted by molar-refractivity contribution is 6.30. The third kappa shape index (κ3) is 4.73. The molecule has 2 unspecified atom stereocenters. The summed E-state index contributed by atoms with van der Waals surface area (Å²) in [7, 11) is 0. The second-order valence-electron chi connectivity index (χ2n) is 5.04. The molecule has 0 fully saturated rings. The first-order chi connectivity index (χ1) is 8.99. The summed E-state index contributed by atoms with van der Waals surface area (Å²) in [5, 5.41) is 3.12. The van der Waals surface area contributed by atoms with E-state index in [0.717, 1.165) is 31.9 Å². The SMILES string of the molecule is CCCNC(CC(C)CC)c1cc(F)c(Cl)cc1F. The van der Waals surface area contributed by atoms with Crippen LogP contribution in [-0.2, 0) is 0 Å². The molecule has 0 bridgehead atoms. The van der Waals surface area contributed by atoms with Crippen molar-refractivity contribution >= 4 is 11.6 Å². The van der Waals surface area contributed by atoms with E-state index in [9.17, 15) is 8.78 Å². The van der Waals surface area contributed by atoms with Crippen LogP contribution in [-0.4, -0.2) is 6.54 Å². The van der Waals surface area contributed by atoms with Crippen molar-refractivity contribution in [2.24, 2.45) is 5.92 Å². The first-order valence-electron chi connectivity index (χ1n) is 6.87. The van der Waals surface area contributed by atoms with Crippen LogP contribution in [0.25, 0.3) is 0 Å². The Morgan fingerprint density at radius 2 is 1.89 bits per heavy atom. The Hall–Kier alpha value is -0.670. The molecule has 0 saturated carbocycles. The molecule has 0 spiro atoms. The molecule has 1 aromatic carbocycles. The van der Waals surface area contributed by atoms with Gasteiger partial charge in [0, 0.05) is 11.6 Å². The van der Waals surface area contributed by atoms with Crippen molar-refractivity contribution < 1.29 is 8.78 Å². The van der Waals surface area contributed by atoms with Crippen LogP contribution in [0, 0.1) is 17.6 Å². The topological polar surface area (TPSA) is 12.0 Å². The lowest BCUT2D eigenvalue weighted by Crippen LogP contribution is -2.25. The number of nitrogens with one attached hydrogen (secondary N) is 1. The van der Waals surface area contributed by atoms with Crippen LogP contribution < -0.4 is 5.32 Å². The summed E-state index contributed by atoms with van der Waals surface area (Å²) in [6.45, 7) is 7.04. The molecule has 4 heteroatoms. The van der Waals surface area contributed by atoms with Gasteiger partial charge in [-0.3, -0.25) is 0 Å². The molecule has 1 nitrogen and oxygen atoms in total. The fraction of sp³-hybridized carbons (Fsp3) is 0.600. The highest BCUT2D eigenvalue weighted by Crippen LogP contribution is 2.28. The van der Waals surface area contributed by atoms with Crippen molar-refractivity contribution in [3.63, 3.8) is 0 Å². The van der Waals surface area contributed by atoms with E-state index in [1.807, 2.05) is 6.92 Å². The van der Waals surface area contributed by atoms with Gasteiger partial charge in [-0.25, -0.2) is 8.78 Å². The van der Waals surface area contributed by atoms with Gasteiger partial charge < -0.3 is 5.32 Å². The summed E-state index contributed by atoms with van der Waals surface area (Å²) in [4.78, 5) is 0. The fourth-order valence-electron chi connectivity index (χ4n) is 2.01. The van der Waals surface area contributed by atoms with Gasteiger partial charge in [-0.05, 0) is 37.4 Å². The van der Waals surface area contributed by atoms with Crippen molar-refractivity contribution in [1.82, 2.24) is 5.32 Å². The van der Waals surface area contributed by atoms with E-state index in [1.54, 1.807) is 0 Å². The molecule has 19 heavy (non-hydrogen) atoms. The highest BCUT2D eigenvalue weighted by atomic mass is 35.5. The molecule has 0 aliphatic heterocycles. The summed E-state index contributed by atoms with van der Waals surface area (Å²) in [5.74, 6) is -0.554. The van der Waals surface area contributed by atoms with E-state index in [4.69, 9.17) is 11.6 Å². The number of benzene rings is 1. The minimum absolute atomic E-state index is 0.165. The van der Waals surface area contributed by atoms with Crippen LogP contribution in [0.1, 0.15) is 51.6 Å². The average molecular weight is 290 g/mol. The number of halogens is 3. The number of hydrogen-bond donors (Lipinski definition) is 1. The molecule has 0 radical (unpaired) electrons. The lowest BCUT2D eigenvalue weighted by atomic mass is 9.93. The summed E-state index contributed by atoms with van der Waals surface area (Å²) < 4.78 is 27.5. The number of hydrogen-bond acceptors (Lipinski definition) is 1. The molecular formula is C15H22ClF2N. The molecule has 0 aliphatic carbocycles. The first kappa shape index (κ1) is 16.4. The lowest BCUT2D eigenvalue weighted by molar-refractivity contribution is 0.390. The largest absolute Gasteiger partial charge is 0.310 e. The van der Waals surface area contributed by atoms with E-state index >= 15 is 0 Å². The van der Waals surface area contributed by atoms with Crippen LogP contribution in [0.2, 0.25) is 5.02 Å². The first-order valence-corrected chi connectivity index (χ1v) is 7.25. The predicted molar refractivity (Wildman–Crippen MR) is 76.5 cm³/mol. The summed E-state index contributed by atoms with van der Waals surface area (Å²) >= 11 is 5.59. The van der Waals surface area contributed by atoms with Gasteiger partial charge in [0.2, 0.25) is 0 Å². The Kier molecular flexibility index (Phi) is 6.73. The number of rotatable bonds is 7. The fourth-order valence-corrected chi connectivity index (χ4v) is 2.16. The Balaban J connectivity index is 2.98. The molecule has 1 N–H and O–H groups in total. The third-order valence-electron chi connectivity index (χ3n) is 3.39. The Morgan fingerprint density at radius 1 is 1.21 bits per heavy atom. The van der Waals surface area contributed by atoms with E-state index in [-0.39, 0.29) is 11.1 Å². The molecule has 0 amide bonds. The van der Waals surface area contributed by atoms with Gasteiger partial charge in [0.15, 0.2) is 0 Å². The van der Waals surface area contributed by atoms with Gasteiger partial charge >= 0.3 is 0 Å². The molecule has 1 aromatic rings.